The van der Waals surface area contributed by atoms with Crippen molar-refractivity contribution >= 4 is 23.8 Å². The Bertz CT molecular complexity index is 1160. The Morgan fingerprint density at radius 3 is 2.48 bits per heavy atom. The highest BCUT2D eigenvalue weighted by atomic mass is 32.1. The van der Waals surface area contributed by atoms with Crippen molar-refractivity contribution in [3.05, 3.63) is 58.4 Å². The average Bonchev–Trinajstić information content (AvgIpc) is 3.18. The molecule has 33 heavy (non-hydrogen) atoms. The number of benzene rings is 2. The molecule has 3 aromatic rings. The van der Waals surface area contributed by atoms with Gasteiger partial charge in [0.15, 0.2) is 0 Å². The van der Waals surface area contributed by atoms with E-state index in [-0.39, 0.29) is 5.91 Å². The van der Waals surface area contributed by atoms with Crippen molar-refractivity contribution in [2.24, 2.45) is 0 Å². The first-order valence-corrected chi connectivity index (χ1v) is 11.4. The minimum absolute atomic E-state index is 0.0139. The second-order valence-electron chi connectivity index (χ2n) is 8.23. The summed E-state index contributed by atoms with van der Waals surface area (Å²) < 4.78 is 12.6. The van der Waals surface area contributed by atoms with E-state index in [1.54, 1.807) is 11.8 Å². The van der Waals surface area contributed by atoms with Gasteiger partial charge >= 0.3 is 0 Å². The monoisotopic (exact) mass is 467 g/mol. The van der Waals surface area contributed by atoms with Gasteiger partial charge in [0.05, 0.1) is 20.3 Å². The van der Waals surface area contributed by atoms with E-state index in [9.17, 15) is 4.79 Å². The van der Waals surface area contributed by atoms with Crippen LogP contribution in [-0.2, 0) is 11.5 Å². The highest BCUT2D eigenvalue weighted by Gasteiger charge is 2.20. The summed E-state index contributed by atoms with van der Waals surface area (Å²) in [5.41, 5.74) is 4.00. The first-order valence-electron chi connectivity index (χ1n) is 11.0. The van der Waals surface area contributed by atoms with Crippen LogP contribution in [0, 0.1) is 18.7 Å². The van der Waals surface area contributed by atoms with Crippen molar-refractivity contribution < 1.29 is 13.9 Å². The van der Waals surface area contributed by atoms with Crippen LogP contribution in [-0.4, -0.2) is 65.3 Å². The summed E-state index contributed by atoms with van der Waals surface area (Å²) >= 11 is 5.37. The van der Waals surface area contributed by atoms with E-state index >= 15 is 0 Å². The lowest BCUT2D eigenvalue weighted by atomic mass is 10.1. The van der Waals surface area contributed by atoms with Crippen molar-refractivity contribution in [3.8, 4) is 17.2 Å². The number of nitrogens with one attached hydrogen (secondary N) is 1. The van der Waals surface area contributed by atoms with Crippen LogP contribution in [0.1, 0.15) is 11.1 Å². The number of carbonyl (C=O) groups excluding carboxylic acids is 1. The molecule has 1 aliphatic rings. The third-order valence-electron chi connectivity index (χ3n) is 5.99. The molecule has 1 N–H and O–H groups in total. The van der Waals surface area contributed by atoms with E-state index < -0.39 is 0 Å². The number of nitrogens with zero attached hydrogens (tertiary/aromatic N) is 4. The van der Waals surface area contributed by atoms with Gasteiger partial charge in [-0.3, -0.25) is 14.6 Å². The van der Waals surface area contributed by atoms with Crippen LogP contribution in [0.5, 0.6) is 5.75 Å². The predicted octanol–water partition coefficient (Wildman–Crippen LogP) is 3.71. The maximum atomic E-state index is 12.5. The molecule has 0 atom stereocenters. The molecule has 9 heteroatoms. The van der Waals surface area contributed by atoms with Crippen molar-refractivity contribution in [2.75, 3.05) is 45.2 Å². The number of piperazine rings is 1. The lowest BCUT2D eigenvalue weighted by Crippen LogP contribution is -2.49. The third-order valence-corrected chi connectivity index (χ3v) is 6.28. The van der Waals surface area contributed by atoms with Gasteiger partial charge in [0.1, 0.15) is 5.75 Å². The van der Waals surface area contributed by atoms with Crippen molar-refractivity contribution in [1.82, 2.24) is 19.6 Å². The van der Waals surface area contributed by atoms with Crippen molar-refractivity contribution in [1.29, 1.82) is 0 Å². The van der Waals surface area contributed by atoms with E-state index in [4.69, 9.17) is 21.4 Å². The SMILES string of the molecule is COc1ccc(-c2nn(CN3CCN(CC(=O)Nc4cccc(C)c4C)CC3)c(=S)o2)cc1. The standard InChI is InChI=1S/C24H29N5O3S/c1-17-5-4-6-21(18(17)2)25-22(30)15-27-11-13-28(14-12-27)16-29-24(33)32-23(26-29)19-7-9-20(31-3)10-8-19/h4-10H,11-16H2,1-3H3,(H,25,30). The highest BCUT2D eigenvalue weighted by molar-refractivity contribution is 7.71. The third kappa shape index (κ3) is 5.68. The lowest BCUT2D eigenvalue weighted by Gasteiger charge is -2.33. The molecule has 2 aromatic carbocycles. The van der Waals surface area contributed by atoms with Crippen LogP contribution in [0.3, 0.4) is 0 Å². The molecule has 0 aliphatic carbocycles. The largest absolute Gasteiger partial charge is 0.497 e. The van der Waals surface area contributed by atoms with Gasteiger partial charge in [-0.05, 0) is 67.5 Å². The molecule has 8 nitrogen and oxygen atoms in total. The van der Waals surface area contributed by atoms with Crippen LogP contribution in [0.15, 0.2) is 46.9 Å². The van der Waals surface area contributed by atoms with E-state index in [0.29, 0.717) is 23.9 Å². The van der Waals surface area contributed by atoms with Crippen LogP contribution in [0.4, 0.5) is 5.69 Å². The van der Waals surface area contributed by atoms with Gasteiger partial charge in [-0.15, -0.1) is 5.10 Å². The first-order chi connectivity index (χ1) is 15.9. The number of methoxy groups -OCH3 is 1. The topological polar surface area (TPSA) is 75.8 Å². The van der Waals surface area contributed by atoms with Gasteiger partial charge in [-0.25, -0.2) is 4.68 Å². The maximum Gasteiger partial charge on any atom is 0.288 e. The van der Waals surface area contributed by atoms with Gasteiger partial charge in [-0.1, -0.05) is 12.1 Å². The van der Waals surface area contributed by atoms with Gasteiger partial charge in [0, 0.05) is 37.4 Å². The summed E-state index contributed by atoms with van der Waals surface area (Å²) in [6.45, 7) is 8.26. The summed E-state index contributed by atoms with van der Waals surface area (Å²) in [6, 6.07) is 13.5. The Hall–Kier alpha value is -3.01. The molecule has 0 unspecified atom stereocenters. The fourth-order valence-corrected chi connectivity index (χ4v) is 3.98. The fourth-order valence-electron chi connectivity index (χ4n) is 3.80. The Morgan fingerprint density at radius 1 is 1.09 bits per heavy atom. The molecule has 1 amide bonds. The van der Waals surface area contributed by atoms with Crippen LogP contribution < -0.4 is 10.1 Å². The summed E-state index contributed by atoms with van der Waals surface area (Å²) in [4.78, 5) is 17.3. The molecule has 4 rings (SSSR count). The molecule has 0 bridgehead atoms. The van der Waals surface area contributed by atoms with Gasteiger partial charge < -0.3 is 14.5 Å². The maximum absolute atomic E-state index is 12.5. The van der Waals surface area contributed by atoms with Crippen molar-refractivity contribution in [3.63, 3.8) is 0 Å². The molecule has 1 saturated heterocycles. The van der Waals surface area contributed by atoms with Gasteiger partial charge in [0.25, 0.3) is 4.84 Å². The minimum Gasteiger partial charge on any atom is -0.497 e. The zero-order valence-electron chi connectivity index (χ0n) is 19.2. The van der Waals surface area contributed by atoms with Gasteiger partial charge in [-0.2, -0.15) is 0 Å². The van der Waals surface area contributed by atoms with E-state index in [1.807, 2.05) is 56.3 Å². The molecule has 1 aromatic heterocycles. The number of anilines is 1. The molecule has 0 radical (unpaired) electrons. The number of hydrogen-bond acceptors (Lipinski definition) is 7. The highest BCUT2D eigenvalue weighted by Crippen LogP contribution is 2.21. The normalized spacial score (nSPS) is 14.9. The van der Waals surface area contributed by atoms with Crippen LogP contribution in [0.25, 0.3) is 11.5 Å². The summed E-state index contributed by atoms with van der Waals surface area (Å²) in [5.74, 6) is 1.28. The molecule has 2 heterocycles. The summed E-state index contributed by atoms with van der Waals surface area (Å²) in [7, 11) is 1.63. The Morgan fingerprint density at radius 2 is 1.79 bits per heavy atom. The lowest BCUT2D eigenvalue weighted by molar-refractivity contribution is -0.117. The Balaban J connectivity index is 1.29. The number of hydrogen-bond donors (Lipinski definition) is 1. The first kappa shape index (κ1) is 23.2. The van der Waals surface area contributed by atoms with E-state index in [2.05, 4.69) is 20.2 Å². The molecule has 1 fully saturated rings. The summed E-state index contributed by atoms with van der Waals surface area (Å²) in [6.07, 6.45) is 0. The summed E-state index contributed by atoms with van der Waals surface area (Å²) in [5, 5.41) is 7.58. The molecule has 0 saturated carbocycles. The smallest absolute Gasteiger partial charge is 0.288 e. The number of amides is 1. The predicted molar refractivity (Wildman–Crippen MR) is 130 cm³/mol. The molecule has 174 valence electrons. The molecular weight excluding hydrogens is 438 g/mol. The number of aryl methyl sites for hydroxylation is 1. The van der Waals surface area contributed by atoms with Crippen molar-refractivity contribution in [2.45, 2.75) is 20.5 Å². The van der Waals surface area contributed by atoms with Crippen LogP contribution >= 0.6 is 12.2 Å². The zero-order chi connectivity index (χ0) is 23.4. The van der Waals surface area contributed by atoms with E-state index in [0.717, 1.165) is 48.7 Å². The zero-order valence-corrected chi connectivity index (χ0v) is 20.0. The molecule has 0 spiro atoms. The number of ether oxygens (including phenoxy) is 1. The quantitative estimate of drug-likeness (QED) is 0.531. The average molecular weight is 468 g/mol. The second-order valence-corrected chi connectivity index (χ2v) is 8.58. The number of carbonyl (C=O) groups is 1. The molecule has 1 aliphatic heterocycles. The second kappa shape index (κ2) is 10.3. The fraction of sp³-hybridized carbons (Fsp3) is 0.375. The van der Waals surface area contributed by atoms with E-state index in [1.165, 1.54) is 5.56 Å². The number of aromatic nitrogens is 2. The van der Waals surface area contributed by atoms with Crippen LogP contribution in [0.2, 0.25) is 0 Å². The molecular formula is C24H29N5O3S. The number of rotatable bonds is 7. The Kier molecular flexibility index (Phi) is 7.22. The Labute approximate surface area is 198 Å². The minimum atomic E-state index is 0.0139. The van der Waals surface area contributed by atoms with Gasteiger partial charge in [0.2, 0.25) is 11.8 Å².